The summed E-state index contributed by atoms with van der Waals surface area (Å²) in [6.07, 6.45) is 1.25. The number of amides is 2. The van der Waals surface area contributed by atoms with E-state index in [-0.39, 0.29) is 11.8 Å². The SMILES string of the molecule is CC(C)(C#N)CCCN1C(=O)c2ccc(N)cc2C1=O. The summed E-state index contributed by atoms with van der Waals surface area (Å²) in [4.78, 5) is 25.5. The molecule has 0 atom stereocenters. The molecule has 0 spiro atoms. The van der Waals surface area contributed by atoms with Gasteiger partial charge < -0.3 is 5.73 Å². The van der Waals surface area contributed by atoms with Gasteiger partial charge in [-0.2, -0.15) is 5.26 Å². The summed E-state index contributed by atoms with van der Waals surface area (Å²) >= 11 is 0. The highest BCUT2D eigenvalue weighted by Crippen LogP contribution is 2.26. The maximum absolute atomic E-state index is 12.2. The Balaban J connectivity index is 2.08. The van der Waals surface area contributed by atoms with Crippen molar-refractivity contribution in [2.45, 2.75) is 26.7 Å². The lowest BCUT2D eigenvalue weighted by Crippen LogP contribution is -2.31. The van der Waals surface area contributed by atoms with Gasteiger partial charge in [0.1, 0.15) is 0 Å². The highest BCUT2D eigenvalue weighted by Gasteiger charge is 2.35. The summed E-state index contributed by atoms with van der Waals surface area (Å²) in [6.45, 7) is 4.02. The highest BCUT2D eigenvalue weighted by atomic mass is 16.2. The van der Waals surface area contributed by atoms with Gasteiger partial charge in [0.15, 0.2) is 0 Å². The number of carbonyl (C=O) groups excluding carboxylic acids is 2. The van der Waals surface area contributed by atoms with Gasteiger partial charge in [0, 0.05) is 12.2 Å². The van der Waals surface area contributed by atoms with Crippen molar-refractivity contribution < 1.29 is 9.59 Å². The smallest absolute Gasteiger partial charge is 0.261 e. The Hall–Kier alpha value is -2.35. The number of carbonyl (C=O) groups is 2. The van der Waals surface area contributed by atoms with E-state index in [1.54, 1.807) is 12.1 Å². The molecule has 1 aromatic rings. The summed E-state index contributed by atoms with van der Waals surface area (Å²) in [5.41, 5.74) is 6.45. The fourth-order valence-electron chi connectivity index (χ4n) is 2.25. The number of benzene rings is 1. The van der Waals surface area contributed by atoms with Crippen molar-refractivity contribution in [3.63, 3.8) is 0 Å². The minimum Gasteiger partial charge on any atom is -0.399 e. The van der Waals surface area contributed by atoms with E-state index < -0.39 is 5.41 Å². The van der Waals surface area contributed by atoms with Crippen LogP contribution in [0.5, 0.6) is 0 Å². The number of anilines is 1. The van der Waals surface area contributed by atoms with Crippen LogP contribution in [0.15, 0.2) is 18.2 Å². The van der Waals surface area contributed by atoms with Crippen LogP contribution >= 0.6 is 0 Å². The van der Waals surface area contributed by atoms with Crippen LogP contribution in [0.4, 0.5) is 5.69 Å². The number of hydrogen-bond acceptors (Lipinski definition) is 4. The van der Waals surface area contributed by atoms with E-state index >= 15 is 0 Å². The molecule has 2 N–H and O–H groups in total. The number of nitrogens with two attached hydrogens (primary N) is 1. The molecule has 2 rings (SSSR count). The van der Waals surface area contributed by atoms with Crippen molar-refractivity contribution in [3.8, 4) is 6.07 Å². The molecule has 0 aliphatic carbocycles. The van der Waals surface area contributed by atoms with Crippen molar-refractivity contribution in [1.82, 2.24) is 4.90 Å². The van der Waals surface area contributed by atoms with Crippen LogP contribution < -0.4 is 5.73 Å². The van der Waals surface area contributed by atoms with Crippen molar-refractivity contribution in [2.75, 3.05) is 12.3 Å². The quantitative estimate of drug-likeness (QED) is 0.671. The molecule has 0 aromatic heterocycles. The fourth-order valence-corrected chi connectivity index (χ4v) is 2.25. The molecule has 20 heavy (non-hydrogen) atoms. The van der Waals surface area contributed by atoms with Gasteiger partial charge in [-0.05, 0) is 44.9 Å². The molecule has 0 bridgehead atoms. The minimum atomic E-state index is -0.441. The van der Waals surface area contributed by atoms with Gasteiger partial charge in [-0.3, -0.25) is 14.5 Å². The first-order valence-corrected chi connectivity index (χ1v) is 6.53. The molecule has 5 heteroatoms. The van der Waals surface area contributed by atoms with E-state index in [0.29, 0.717) is 36.2 Å². The van der Waals surface area contributed by atoms with Gasteiger partial charge in [-0.25, -0.2) is 0 Å². The molecule has 5 nitrogen and oxygen atoms in total. The predicted octanol–water partition coefficient (Wildman–Crippen LogP) is 2.19. The second kappa shape index (κ2) is 4.97. The van der Waals surface area contributed by atoms with Gasteiger partial charge in [0.05, 0.1) is 22.6 Å². The van der Waals surface area contributed by atoms with Crippen LogP contribution in [0.1, 0.15) is 47.4 Å². The van der Waals surface area contributed by atoms with Gasteiger partial charge in [0.2, 0.25) is 0 Å². The van der Waals surface area contributed by atoms with Crippen LogP contribution in [-0.2, 0) is 0 Å². The van der Waals surface area contributed by atoms with Crippen LogP contribution in [0, 0.1) is 16.7 Å². The molecule has 0 saturated carbocycles. The lowest BCUT2D eigenvalue weighted by Gasteiger charge is -2.18. The Morgan fingerprint density at radius 3 is 2.55 bits per heavy atom. The third-order valence-corrected chi connectivity index (χ3v) is 3.48. The van der Waals surface area contributed by atoms with Gasteiger partial charge in [0.25, 0.3) is 11.8 Å². The molecule has 0 radical (unpaired) electrons. The number of fused-ring (bicyclic) bond motifs is 1. The fraction of sp³-hybridized carbons (Fsp3) is 0.400. The lowest BCUT2D eigenvalue weighted by atomic mass is 9.90. The monoisotopic (exact) mass is 271 g/mol. The topological polar surface area (TPSA) is 87.2 Å². The average molecular weight is 271 g/mol. The summed E-state index contributed by atoms with van der Waals surface area (Å²) in [5.74, 6) is -0.577. The first kappa shape index (κ1) is 14.1. The summed E-state index contributed by atoms with van der Waals surface area (Å²) in [6, 6.07) is 6.95. The predicted molar refractivity (Wildman–Crippen MR) is 74.8 cm³/mol. The van der Waals surface area contributed by atoms with Crippen molar-refractivity contribution in [2.24, 2.45) is 5.41 Å². The number of rotatable bonds is 4. The van der Waals surface area contributed by atoms with Crippen molar-refractivity contribution in [3.05, 3.63) is 29.3 Å². The molecular weight excluding hydrogens is 254 g/mol. The van der Waals surface area contributed by atoms with Gasteiger partial charge in [-0.1, -0.05) is 0 Å². The Morgan fingerprint density at radius 2 is 1.90 bits per heavy atom. The highest BCUT2D eigenvalue weighted by molar-refractivity contribution is 6.21. The molecule has 1 aromatic carbocycles. The van der Waals surface area contributed by atoms with Crippen LogP contribution in [0.3, 0.4) is 0 Å². The molecule has 0 saturated heterocycles. The standard InChI is InChI=1S/C15H17N3O2/c1-15(2,9-16)6-3-7-18-13(19)11-5-4-10(17)8-12(11)14(18)20/h4-5,8H,3,6-7,17H2,1-2H3. The maximum atomic E-state index is 12.2. The van der Waals surface area contributed by atoms with Gasteiger partial charge >= 0.3 is 0 Å². The third-order valence-electron chi connectivity index (χ3n) is 3.48. The summed E-state index contributed by atoms with van der Waals surface area (Å²) < 4.78 is 0. The van der Waals surface area contributed by atoms with E-state index in [1.165, 1.54) is 11.0 Å². The molecule has 1 aliphatic rings. The summed E-state index contributed by atoms with van der Waals surface area (Å²) in [5, 5.41) is 8.95. The number of nitrogen functional groups attached to an aromatic ring is 1. The third kappa shape index (κ3) is 2.50. The van der Waals surface area contributed by atoms with Crippen molar-refractivity contribution in [1.29, 1.82) is 5.26 Å². The van der Waals surface area contributed by atoms with E-state index in [0.717, 1.165) is 0 Å². The van der Waals surface area contributed by atoms with Crippen LogP contribution in [0.25, 0.3) is 0 Å². The van der Waals surface area contributed by atoms with Crippen LogP contribution in [0.2, 0.25) is 0 Å². The molecule has 0 unspecified atom stereocenters. The molecule has 0 fully saturated rings. The van der Waals surface area contributed by atoms with E-state index in [4.69, 9.17) is 11.0 Å². The van der Waals surface area contributed by atoms with E-state index in [9.17, 15) is 9.59 Å². The second-order valence-corrected chi connectivity index (χ2v) is 5.67. The lowest BCUT2D eigenvalue weighted by molar-refractivity contribution is 0.0648. The second-order valence-electron chi connectivity index (χ2n) is 5.67. The van der Waals surface area contributed by atoms with E-state index in [2.05, 4.69) is 6.07 Å². The Bertz CT molecular complexity index is 614. The largest absolute Gasteiger partial charge is 0.399 e. The zero-order valence-electron chi connectivity index (χ0n) is 11.6. The maximum Gasteiger partial charge on any atom is 0.261 e. The number of nitriles is 1. The zero-order valence-corrected chi connectivity index (χ0v) is 11.6. The number of nitrogens with zero attached hydrogens (tertiary/aromatic N) is 2. The molecule has 1 aliphatic heterocycles. The molecular formula is C15H17N3O2. The first-order chi connectivity index (χ1) is 9.35. The normalized spacial score (nSPS) is 14.3. The molecule has 104 valence electrons. The first-order valence-electron chi connectivity index (χ1n) is 6.53. The Morgan fingerprint density at radius 1 is 1.25 bits per heavy atom. The summed E-state index contributed by atoms with van der Waals surface area (Å²) in [7, 11) is 0. The van der Waals surface area contributed by atoms with Crippen molar-refractivity contribution >= 4 is 17.5 Å². The zero-order chi connectivity index (χ0) is 14.9. The number of imide groups is 1. The Kier molecular flexibility index (Phi) is 3.49. The van der Waals surface area contributed by atoms with Crippen LogP contribution in [-0.4, -0.2) is 23.3 Å². The van der Waals surface area contributed by atoms with E-state index in [1.807, 2.05) is 13.8 Å². The number of hydrogen-bond donors (Lipinski definition) is 1. The molecule has 1 heterocycles. The Labute approximate surface area is 118 Å². The average Bonchev–Trinajstić information content (AvgIpc) is 2.63. The minimum absolute atomic E-state index is 0.278. The van der Waals surface area contributed by atoms with Gasteiger partial charge in [-0.15, -0.1) is 0 Å². The molecule has 2 amide bonds.